The molecule has 0 aliphatic carbocycles. The SMILES string of the molecule is CC(C)C(=O)OOC(OC(=O)N1CCCCC1)C(C)C. The molecule has 0 bridgehead atoms. The number of carbonyl (C=O) groups is 2. The van der Waals surface area contributed by atoms with Crippen LogP contribution in [0.25, 0.3) is 0 Å². The van der Waals surface area contributed by atoms with Gasteiger partial charge in [-0.05, 0) is 19.3 Å². The maximum atomic E-state index is 12.0. The summed E-state index contributed by atoms with van der Waals surface area (Å²) in [6, 6.07) is 0. The molecule has 1 atom stereocenters. The van der Waals surface area contributed by atoms with Crippen LogP contribution < -0.4 is 0 Å². The molecule has 6 nitrogen and oxygen atoms in total. The summed E-state index contributed by atoms with van der Waals surface area (Å²) in [6.07, 6.45) is 1.82. The summed E-state index contributed by atoms with van der Waals surface area (Å²) in [5, 5.41) is 0. The fourth-order valence-corrected chi connectivity index (χ4v) is 1.71. The molecule has 1 aliphatic heterocycles. The van der Waals surface area contributed by atoms with Gasteiger partial charge in [-0.3, -0.25) is 4.89 Å². The number of amides is 1. The second-order valence-corrected chi connectivity index (χ2v) is 5.70. The quantitative estimate of drug-likeness (QED) is 0.442. The molecule has 0 saturated carbocycles. The summed E-state index contributed by atoms with van der Waals surface area (Å²) >= 11 is 0. The van der Waals surface area contributed by atoms with E-state index in [1.165, 1.54) is 0 Å². The molecule has 1 amide bonds. The third kappa shape index (κ3) is 5.36. The van der Waals surface area contributed by atoms with Crippen molar-refractivity contribution in [2.75, 3.05) is 13.1 Å². The fourth-order valence-electron chi connectivity index (χ4n) is 1.71. The number of nitrogens with zero attached hydrogens (tertiary/aromatic N) is 1. The Balaban J connectivity index is 2.45. The highest BCUT2D eigenvalue weighted by atomic mass is 17.2. The smallest absolute Gasteiger partial charge is 0.412 e. The summed E-state index contributed by atoms with van der Waals surface area (Å²) in [5.41, 5.74) is 0. The van der Waals surface area contributed by atoms with Crippen LogP contribution >= 0.6 is 0 Å². The largest absolute Gasteiger partial charge is 0.415 e. The van der Waals surface area contributed by atoms with Gasteiger partial charge in [0.25, 0.3) is 0 Å². The molecule has 6 heteroatoms. The van der Waals surface area contributed by atoms with Crippen LogP contribution in [-0.4, -0.2) is 36.3 Å². The minimum atomic E-state index is -0.882. The van der Waals surface area contributed by atoms with E-state index in [1.807, 2.05) is 13.8 Å². The molecule has 0 spiro atoms. The zero-order chi connectivity index (χ0) is 15.1. The number of ether oxygens (including phenoxy) is 1. The number of hydrogen-bond acceptors (Lipinski definition) is 5. The Morgan fingerprint density at radius 1 is 1.00 bits per heavy atom. The van der Waals surface area contributed by atoms with Gasteiger partial charge in [0.1, 0.15) is 0 Å². The standard InChI is InChI=1S/C14H25NO5/c1-10(2)12(16)19-20-13(11(3)4)18-14(17)15-8-6-5-7-9-15/h10-11,13H,5-9H2,1-4H3. The molecule has 1 saturated heterocycles. The van der Waals surface area contributed by atoms with Crippen LogP contribution in [0.4, 0.5) is 4.79 Å². The van der Waals surface area contributed by atoms with Crippen LogP contribution in [0.15, 0.2) is 0 Å². The van der Waals surface area contributed by atoms with E-state index >= 15 is 0 Å². The van der Waals surface area contributed by atoms with Crippen LogP contribution in [0.3, 0.4) is 0 Å². The first-order valence-electron chi connectivity index (χ1n) is 7.24. The molecule has 0 aromatic carbocycles. The van der Waals surface area contributed by atoms with Crippen molar-refractivity contribution in [3.8, 4) is 0 Å². The summed E-state index contributed by atoms with van der Waals surface area (Å²) in [7, 11) is 0. The van der Waals surface area contributed by atoms with Crippen LogP contribution in [0.1, 0.15) is 47.0 Å². The minimum absolute atomic E-state index is 0.108. The molecule has 0 N–H and O–H groups in total. The zero-order valence-electron chi connectivity index (χ0n) is 12.8. The van der Waals surface area contributed by atoms with Crippen molar-refractivity contribution in [3.05, 3.63) is 0 Å². The Morgan fingerprint density at radius 3 is 2.10 bits per heavy atom. The van der Waals surface area contributed by atoms with Crippen LogP contribution in [0, 0.1) is 11.8 Å². The lowest BCUT2D eigenvalue weighted by molar-refractivity contribution is -0.352. The predicted octanol–water partition coefficient (Wildman–Crippen LogP) is 2.72. The van der Waals surface area contributed by atoms with Gasteiger partial charge in [-0.15, -0.1) is 4.89 Å². The highest BCUT2D eigenvalue weighted by Crippen LogP contribution is 2.15. The third-order valence-electron chi connectivity index (χ3n) is 3.07. The summed E-state index contributed by atoms with van der Waals surface area (Å²) in [6.45, 7) is 8.48. The molecule has 1 unspecified atom stereocenters. The maximum Gasteiger partial charge on any atom is 0.412 e. The van der Waals surface area contributed by atoms with Gasteiger partial charge in [0.15, 0.2) is 0 Å². The van der Waals surface area contributed by atoms with E-state index in [0.717, 1.165) is 19.3 Å². The maximum absolute atomic E-state index is 12.0. The van der Waals surface area contributed by atoms with E-state index in [9.17, 15) is 9.59 Å². The van der Waals surface area contributed by atoms with Gasteiger partial charge in [0, 0.05) is 19.0 Å². The lowest BCUT2D eigenvalue weighted by Crippen LogP contribution is -2.40. The summed E-state index contributed by atoms with van der Waals surface area (Å²) in [4.78, 5) is 34.6. The van der Waals surface area contributed by atoms with Gasteiger partial charge >= 0.3 is 12.1 Å². The lowest BCUT2D eigenvalue weighted by Gasteiger charge is -2.28. The average molecular weight is 287 g/mol. The number of hydrogen-bond donors (Lipinski definition) is 0. The topological polar surface area (TPSA) is 65.1 Å². The molecule has 20 heavy (non-hydrogen) atoms. The number of piperidine rings is 1. The molecule has 0 radical (unpaired) electrons. The van der Waals surface area contributed by atoms with Crippen molar-refractivity contribution >= 4 is 12.1 Å². The van der Waals surface area contributed by atoms with E-state index in [1.54, 1.807) is 18.7 Å². The lowest BCUT2D eigenvalue weighted by atomic mass is 10.1. The van der Waals surface area contributed by atoms with E-state index in [0.29, 0.717) is 13.1 Å². The van der Waals surface area contributed by atoms with Gasteiger partial charge in [-0.1, -0.05) is 27.7 Å². The highest BCUT2D eigenvalue weighted by Gasteiger charge is 2.26. The van der Waals surface area contributed by atoms with Crippen molar-refractivity contribution in [1.82, 2.24) is 4.90 Å². The van der Waals surface area contributed by atoms with E-state index < -0.39 is 18.4 Å². The highest BCUT2D eigenvalue weighted by molar-refractivity contribution is 5.70. The Hall–Kier alpha value is -1.30. The minimum Gasteiger partial charge on any atom is -0.415 e. The Bertz CT molecular complexity index is 324. The molecular weight excluding hydrogens is 262 g/mol. The van der Waals surface area contributed by atoms with Gasteiger partial charge in [0.2, 0.25) is 6.29 Å². The Morgan fingerprint density at radius 2 is 1.60 bits per heavy atom. The first-order valence-corrected chi connectivity index (χ1v) is 7.24. The van der Waals surface area contributed by atoms with Crippen LogP contribution in [0.5, 0.6) is 0 Å². The van der Waals surface area contributed by atoms with Crippen molar-refractivity contribution in [3.63, 3.8) is 0 Å². The molecular formula is C14H25NO5. The molecule has 1 aliphatic rings. The van der Waals surface area contributed by atoms with Crippen molar-refractivity contribution in [2.24, 2.45) is 11.8 Å². The first kappa shape index (κ1) is 16.8. The van der Waals surface area contributed by atoms with Crippen LogP contribution in [-0.2, 0) is 19.3 Å². The van der Waals surface area contributed by atoms with Gasteiger partial charge in [0.05, 0.1) is 5.92 Å². The predicted molar refractivity (Wildman–Crippen MR) is 72.5 cm³/mol. The van der Waals surface area contributed by atoms with Crippen molar-refractivity contribution in [2.45, 2.75) is 53.2 Å². The monoisotopic (exact) mass is 287 g/mol. The first-order chi connectivity index (χ1) is 9.41. The van der Waals surface area contributed by atoms with Crippen molar-refractivity contribution in [1.29, 1.82) is 0 Å². The number of carbonyl (C=O) groups excluding carboxylic acids is 2. The third-order valence-corrected chi connectivity index (χ3v) is 3.07. The molecule has 116 valence electrons. The van der Waals surface area contributed by atoms with Gasteiger partial charge in [-0.25, -0.2) is 9.59 Å². The van der Waals surface area contributed by atoms with E-state index in [2.05, 4.69) is 4.89 Å². The Kier molecular flexibility index (Phi) is 6.78. The second-order valence-electron chi connectivity index (χ2n) is 5.70. The molecule has 1 fully saturated rings. The molecule has 1 rings (SSSR count). The van der Waals surface area contributed by atoms with E-state index in [-0.39, 0.29) is 11.8 Å². The summed E-state index contributed by atoms with van der Waals surface area (Å²) in [5.74, 6) is -0.881. The zero-order valence-corrected chi connectivity index (χ0v) is 12.8. The molecule has 0 aromatic heterocycles. The van der Waals surface area contributed by atoms with Gasteiger partial charge < -0.3 is 9.64 Å². The summed E-state index contributed by atoms with van der Waals surface area (Å²) < 4.78 is 5.27. The second kappa shape index (κ2) is 8.09. The van der Waals surface area contributed by atoms with Crippen LogP contribution in [0.2, 0.25) is 0 Å². The number of likely N-dealkylation sites (tertiary alicyclic amines) is 1. The Labute approximate surface area is 120 Å². The molecule has 1 heterocycles. The molecule has 0 aromatic rings. The number of rotatable bonds is 5. The normalized spacial score (nSPS) is 17.2. The van der Waals surface area contributed by atoms with Gasteiger partial charge in [-0.2, -0.15) is 0 Å². The van der Waals surface area contributed by atoms with Crippen molar-refractivity contribution < 1.29 is 24.1 Å². The van der Waals surface area contributed by atoms with E-state index in [4.69, 9.17) is 9.62 Å². The average Bonchev–Trinajstić information content (AvgIpc) is 2.43. The fraction of sp³-hybridized carbons (Fsp3) is 0.857.